The maximum absolute atomic E-state index is 12.0. The zero-order valence-electron chi connectivity index (χ0n) is 14.5. The van der Waals surface area contributed by atoms with Gasteiger partial charge in [0, 0.05) is 11.8 Å². The first-order valence-corrected chi connectivity index (χ1v) is 10.5. The van der Waals surface area contributed by atoms with Crippen molar-refractivity contribution in [2.75, 3.05) is 24.6 Å². The van der Waals surface area contributed by atoms with Gasteiger partial charge >= 0.3 is 6.09 Å². The molecule has 2 heterocycles. The van der Waals surface area contributed by atoms with Crippen molar-refractivity contribution in [3.8, 4) is 0 Å². The van der Waals surface area contributed by atoms with E-state index in [9.17, 15) is 18.0 Å². The number of aliphatic imine (C=N–C) groups is 1. The number of nitrogens with one attached hydrogen (secondary N) is 1. The Morgan fingerprint density at radius 1 is 1.44 bits per heavy atom. The molecule has 0 aromatic heterocycles. The third kappa shape index (κ3) is 5.46. The summed E-state index contributed by atoms with van der Waals surface area (Å²) in [4.78, 5) is 29.4. The van der Waals surface area contributed by atoms with Gasteiger partial charge in [0.2, 0.25) is 0 Å². The van der Waals surface area contributed by atoms with Crippen molar-refractivity contribution in [1.29, 1.82) is 0 Å². The lowest BCUT2D eigenvalue weighted by atomic mass is 10.2. The number of carbonyl (C=O) groups excluding carboxylic acids is 2. The molecule has 0 spiro atoms. The molecule has 2 aliphatic heterocycles. The lowest BCUT2D eigenvalue weighted by Crippen LogP contribution is -2.38. The molecule has 140 valence electrons. The van der Waals surface area contributed by atoms with Crippen LogP contribution in [-0.2, 0) is 19.4 Å². The Kier molecular flexibility index (Phi) is 5.82. The van der Waals surface area contributed by atoms with Crippen molar-refractivity contribution in [3.05, 3.63) is 12.7 Å². The number of carbonyl (C=O) groups is 2. The number of hydrogen-bond acceptors (Lipinski definition) is 6. The van der Waals surface area contributed by atoms with Crippen molar-refractivity contribution in [3.63, 3.8) is 0 Å². The highest BCUT2D eigenvalue weighted by molar-refractivity contribution is 8.15. The zero-order chi connectivity index (χ0) is 18.8. The van der Waals surface area contributed by atoms with E-state index in [1.54, 1.807) is 31.7 Å². The quantitative estimate of drug-likeness (QED) is 0.709. The molecule has 2 atom stereocenters. The molecule has 8 nitrogen and oxygen atoms in total. The average molecular weight is 389 g/mol. The number of amides is 2. The molecule has 0 saturated carbocycles. The molecule has 25 heavy (non-hydrogen) atoms. The second kappa shape index (κ2) is 7.36. The molecule has 2 fully saturated rings. The van der Waals surface area contributed by atoms with Crippen LogP contribution in [0, 0.1) is 0 Å². The maximum Gasteiger partial charge on any atom is 0.408 e. The molecule has 2 rings (SSSR count). The van der Waals surface area contributed by atoms with E-state index in [4.69, 9.17) is 4.74 Å². The van der Waals surface area contributed by atoms with E-state index < -0.39 is 27.4 Å². The van der Waals surface area contributed by atoms with E-state index in [2.05, 4.69) is 16.9 Å². The van der Waals surface area contributed by atoms with E-state index >= 15 is 0 Å². The normalized spacial score (nSPS) is 26.4. The van der Waals surface area contributed by atoms with Crippen LogP contribution >= 0.6 is 11.8 Å². The molecule has 1 N–H and O–H groups in total. The third-order valence-corrected chi connectivity index (χ3v) is 6.75. The monoisotopic (exact) mass is 389 g/mol. The molecule has 0 aromatic rings. The fraction of sp³-hybridized carbons (Fsp3) is 0.667. The lowest BCUT2D eigenvalue weighted by molar-refractivity contribution is -0.117. The van der Waals surface area contributed by atoms with E-state index in [1.165, 1.54) is 11.8 Å². The fourth-order valence-electron chi connectivity index (χ4n) is 2.60. The topological polar surface area (TPSA) is 105 Å². The fourth-order valence-corrected chi connectivity index (χ4v) is 6.57. The Labute approximate surface area is 152 Å². The van der Waals surface area contributed by atoms with Gasteiger partial charge in [-0.25, -0.2) is 13.2 Å². The minimum absolute atomic E-state index is 0.0574. The van der Waals surface area contributed by atoms with Crippen molar-refractivity contribution in [1.82, 2.24) is 10.2 Å². The molecule has 0 aliphatic carbocycles. The first kappa shape index (κ1) is 19.8. The van der Waals surface area contributed by atoms with Crippen LogP contribution in [0.25, 0.3) is 0 Å². The average Bonchev–Trinajstić information content (AvgIpc) is 2.88. The number of alkyl carbamates (subject to hydrolysis) is 1. The number of sulfone groups is 1. The molecule has 2 saturated heterocycles. The summed E-state index contributed by atoms with van der Waals surface area (Å²) in [5.74, 6) is -0.383. The largest absolute Gasteiger partial charge is 0.444 e. The third-order valence-electron chi connectivity index (χ3n) is 3.50. The predicted octanol–water partition coefficient (Wildman–Crippen LogP) is 0.794. The van der Waals surface area contributed by atoms with Gasteiger partial charge in [0.05, 0.1) is 17.5 Å². The molecule has 0 radical (unpaired) electrons. The van der Waals surface area contributed by atoms with Crippen molar-refractivity contribution < 1.29 is 22.7 Å². The van der Waals surface area contributed by atoms with Crippen LogP contribution in [0.5, 0.6) is 0 Å². The second-order valence-corrected chi connectivity index (χ2v) is 10.2. The van der Waals surface area contributed by atoms with Crippen molar-refractivity contribution in [2.45, 2.75) is 37.7 Å². The highest BCUT2D eigenvalue weighted by Crippen LogP contribution is 2.37. The van der Waals surface area contributed by atoms with E-state index in [0.29, 0.717) is 11.7 Å². The molecule has 2 aliphatic rings. The first-order chi connectivity index (χ1) is 11.5. The Bertz CT molecular complexity index is 696. The summed E-state index contributed by atoms with van der Waals surface area (Å²) in [5.41, 5.74) is -0.649. The summed E-state index contributed by atoms with van der Waals surface area (Å²) in [6.45, 7) is 8.97. The van der Waals surface area contributed by atoms with Gasteiger partial charge in [0.1, 0.15) is 12.1 Å². The van der Waals surface area contributed by atoms with Crippen molar-refractivity contribution >= 4 is 38.8 Å². The number of amidine groups is 1. The van der Waals surface area contributed by atoms with Gasteiger partial charge in [-0.05, 0) is 20.8 Å². The van der Waals surface area contributed by atoms with Crippen molar-refractivity contribution in [2.24, 2.45) is 4.99 Å². The maximum atomic E-state index is 12.0. The summed E-state index contributed by atoms with van der Waals surface area (Å²) in [5, 5.41) is 2.71. The summed E-state index contributed by atoms with van der Waals surface area (Å²) < 4.78 is 28.6. The molecular formula is C15H23N3O5S2. The number of fused-ring (bicyclic) bond motifs is 1. The highest BCUT2D eigenvalue weighted by Gasteiger charge is 2.48. The Morgan fingerprint density at radius 3 is 2.72 bits per heavy atom. The van der Waals surface area contributed by atoms with Crippen LogP contribution < -0.4 is 5.32 Å². The van der Waals surface area contributed by atoms with Crippen LogP contribution in [-0.4, -0.2) is 72.0 Å². The summed E-state index contributed by atoms with van der Waals surface area (Å²) in [6.07, 6.45) is 0.957. The highest BCUT2D eigenvalue weighted by atomic mass is 32.2. The minimum atomic E-state index is -3.06. The molecule has 2 amide bonds. The van der Waals surface area contributed by atoms with Gasteiger partial charge in [-0.2, -0.15) is 4.99 Å². The van der Waals surface area contributed by atoms with Gasteiger partial charge in [-0.1, -0.05) is 17.8 Å². The van der Waals surface area contributed by atoms with Gasteiger partial charge < -0.3 is 15.0 Å². The van der Waals surface area contributed by atoms with Gasteiger partial charge in [0.15, 0.2) is 15.0 Å². The smallest absolute Gasteiger partial charge is 0.408 e. The van der Waals surface area contributed by atoms with Gasteiger partial charge in [0.25, 0.3) is 5.91 Å². The minimum Gasteiger partial charge on any atom is -0.444 e. The summed E-state index contributed by atoms with van der Waals surface area (Å²) >= 11 is 1.29. The van der Waals surface area contributed by atoms with Crippen LogP contribution in [0.2, 0.25) is 0 Å². The molecule has 0 unspecified atom stereocenters. The van der Waals surface area contributed by atoms with Crippen LogP contribution in [0.1, 0.15) is 20.8 Å². The van der Waals surface area contributed by atoms with Crippen LogP contribution in [0.4, 0.5) is 4.79 Å². The Hall–Kier alpha value is -1.55. The Balaban J connectivity index is 1.98. The van der Waals surface area contributed by atoms with Gasteiger partial charge in [-0.3, -0.25) is 4.79 Å². The number of rotatable bonds is 4. The first-order valence-electron chi connectivity index (χ1n) is 7.84. The lowest BCUT2D eigenvalue weighted by Gasteiger charge is -2.22. The van der Waals surface area contributed by atoms with E-state index in [1.807, 2.05) is 0 Å². The second-order valence-electron chi connectivity index (χ2n) is 6.89. The van der Waals surface area contributed by atoms with Crippen LogP contribution in [0.3, 0.4) is 0 Å². The molecular weight excluding hydrogens is 366 g/mol. The zero-order valence-corrected chi connectivity index (χ0v) is 16.2. The SMILES string of the molecule is C=CCN1C(=NC(=O)CNC(=O)OC(C)(C)C)S[C@H]2CS(=O)(=O)C[C@H]21. The van der Waals surface area contributed by atoms with E-state index in [-0.39, 0.29) is 29.3 Å². The summed E-state index contributed by atoms with van der Waals surface area (Å²) in [6, 6.07) is -0.196. The number of hydrogen-bond donors (Lipinski definition) is 1. The standard InChI is InChI=1S/C15H23N3O5S2/c1-5-6-18-10-8-25(21,22)9-11(10)24-13(18)17-12(19)7-16-14(20)23-15(2,3)4/h5,10-11H,1,6-9H2,2-4H3,(H,16,20)/t10-,11+/m1/s1. The van der Waals surface area contributed by atoms with Crippen LogP contribution in [0.15, 0.2) is 17.6 Å². The number of ether oxygens (including phenoxy) is 1. The number of thioether (sulfide) groups is 1. The molecule has 0 aromatic carbocycles. The van der Waals surface area contributed by atoms with Gasteiger partial charge in [-0.15, -0.1) is 6.58 Å². The predicted molar refractivity (Wildman–Crippen MR) is 97.4 cm³/mol. The van der Waals surface area contributed by atoms with E-state index in [0.717, 1.165) is 0 Å². The number of nitrogens with zero attached hydrogens (tertiary/aromatic N) is 2. The Morgan fingerprint density at radius 2 is 2.12 bits per heavy atom. The summed E-state index contributed by atoms with van der Waals surface area (Å²) in [7, 11) is -3.06. The molecule has 0 bridgehead atoms. The molecule has 10 heteroatoms.